The Morgan fingerprint density at radius 2 is 1.47 bits per heavy atom. The summed E-state index contributed by atoms with van der Waals surface area (Å²) in [7, 11) is 0. The monoisotopic (exact) mass is 228 g/mol. The van der Waals surface area contributed by atoms with Gasteiger partial charge in [-0.25, -0.2) is 0 Å². The second-order valence-corrected chi connectivity index (χ2v) is 4.41. The van der Waals surface area contributed by atoms with Gasteiger partial charge in [-0.15, -0.1) is 0 Å². The van der Waals surface area contributed by atoms with Gasteiger partial charge in [-0.3, -0.25) is 0 Å². The van der Waals surface area contributed by atoms with E-state index in [0.717, 1.165) is 5.56 Å². The van der Waals surface area contributed by atoms with Crippen LogP contribution in [-0.2, 0) is 0 Å². The molecular formula is C15H16O2. The maximum absolute atomic E-state index is 9.85. The summed E-state index contributed by atoms with van der Waals surface area (Å²) in [6.07, 6.45) is 0. The highest BCUT2D eigenvalue weighted by Gasteiger charge is 2.09. The molecule has 0 aliphatic heterocycles. The average molecular weight is 228 g/mol. The smallest absolute Gasteiger partial charge is 0.165 e. The lowest BCUT2D eigenvalue weighted by Crippen LogP contribution is -1.89. The lowest BCUT2D eigenvalue weighted by atomic mass is 9.96. The molecule has 0 aliphatic rings. The molecule has 0 amide bonds. The van der Waals surface area contributed by atoms with Crippen LogP contribution in [0.5, 0.6) is 11.5 Å². The van der Waals surface area contributed by atoms with E-state index < -0.39 is 0 Å². The van der Waals surface area contributed by atoms with Gasteiger partial charge in [-0.1, -0.05) is 24.3 Å². The topological polar surface area (TPSA) is 40.5 Å². The number of phenols is 2. The fraction of sp³-hybridized carbons (Fsp3) is 0.200. The minimum absolute atomic E-state index is 0.0600. The molecule has 2 rings (SSSR count). The molecule has 0 bridgehead atoms. The van der Waals surface area contributed by atoms with Gasteiger partial charge in [0, 0.05) is 5.56 Å². The van der Waals surface area contributed by atoms with E-state index >= 15 is 0 Å². The van der Waals surface area contributed by atoms with Gasteiger partial charge in [0.05, 0.1) is 0 Å². The molecule has 0 radical (unpaired) electrons. The van der Waals surface area contributed by atoms with Crippen LogP contribution in [0, 0.1) is 20.8 Å². The molecule has 0 aromatic heterocycles. The normalized spacial score (nSPS) is 10.5. The molecule has 0 fully saturated rings. The lowest BCUT2D eigenvalue weighted by molar-refractivity contribution is 0.405. The Morgan fingerprint density at radius 3 is 2.06 bits per heavy atom. The highest BCUT2D eigenvalue weighted by Crippen LogP contribution is 2.37. The first-order valence-corrected chi connectivity index (χ1v) is 5.60. The number of aromatic hydroxyl groups is 2. The zero-order chi connectivity index (χ0) is 12.6. The summed E-state index contributed by atoms with van der Waals surface area (Å²) in [5, 5.41) is 19.4. The van der Waals surface area contributed by atoms with Crippen molar-refractivity contribution in [2.24, 2.45) is 0 Å². The molecule has 2 nitrogen and oxygen atoms in total. The van der Waals surface area contributed by atoms with Crippen LogP contribution >= 0.6 is 0 Å². The van der Waals surface area contributed by atoms with Gasteiger partial charge in [-0.05, 0) is 49.1 Å². The minimum atomic E-state index is -0.0848. The van der Waals surface area contributed by atoms with Crippen molar-refractivity contribution in [2.75, 3.05) is 0 Å². The Labute approximate surface area is 101 Å². The van der Waals surface area contributed by atoms with Crippen LogP contribution in [-0.4, -0.2) is 10.2 Å². The van der Waals surface area contributed by atoms with Crippen LogP contribution in [0.3, 0.4) is 0 Å². The molecular weight excluding hydrogens is 212 g/mol. The zero-order valence-corrected chi connectivity index (χ0v) is 10.3. The van der Waals surface area contributed by atoms with E-state index in [-0.39, 0.29) is 11.5 Å². The summed E-state index contributed by atoms with van der Waals surface area (Å²) in [5.74, 6) is -0.145. The standard InChI is InChI=1S/C15H16O2/c1-9-7-12(8-10(2)11(9)3)13-5-4-6-14(16)15(13)17/h4-8,16-17H,1-3H3. The SMILES string of the molecule is Cc1cc(-c2cccc(O)c2O)cc(C)c1C. The van der Waals surface area contributed by atoms with Gasteiger partial charge in [0.2, 0.25) is 0 Å². The number of hydrogen-bond donors (Lipinski definition) is 2. The van der Waals surface area contributed by atoms with Gasteiger partial charge >= 0.3 is 0 Å². The molecule has 0 unspecified atom stereocenters. The summed E-state index contributed by atoms with van der Waals surface area (Å²) in [4.78, 5) is 0. The second-order valence-electron chi connectivity index (χ2n) is 4.41. The Hall–Kier alpha value is -1.96. The summed E-state index contributed by atoms with van der Waals surface area (Å²) in [6.45, 7) is 6.17. The molecule has 2 heteroatoms. The van der Waals surface area contributed by atoms with Gasteiger partial charge in [0.25, 0.3) is 0 Å². The Balaban J connectivity index is 2.65. The third kappa shape index (κ3) is 1.98. The number of para-hydroxylation sites is 1. The van der Waals surface area contributed by atoms with Crippen LogP contribution in [0.15, 0.2) is 30.3 Å². The summed E-state index contributed by atoms with van der Waals surface area (Å²) < 4.78 is 0. The van der Waals surface area contributed by atoms with Crippen molar-refractivity contribution in [1.82, 2.24) is 0 Å². The fourth-order valence-corrected chi connectivity index (χ4v) is 1.96. The minimum Gasteiger partial charge on any atom is -0.504 e. The van der Waals surface area contributed by atoms with Crippen LogP contribution < -0.4 is 0 Å². The highest BCUT2D eigenvalue weighted by atomic mass is 16.3. The van der Waals surface area contributed by atoms with Crippen molar-refractivity contribution in [3.8, 4) is 22.6 Å². The van der Waals surface area contributed by atoms with Crippen LogP contribution in [0.4, 0.5) is 0 Å². The predicted octanol–water partition coefficient (Wildman–Crippen LogP) is 3.69. The molecule has 0 atom stereocenters. The van der Waals surface area contributed by atoms with Crippen molar-refractivity contribution in [3.05, 3.63) is 47.0 Å². The van der Waals surface area contributed by atoms with E-state index in [1.54, 1.807) is 12.1 Å². The second kappa shape index (κ2) is 4.13. The number of benzene rings is 2. The first-order valence-electron chi connectivity index (χ1n) is 5.60. The summed E-state index contributed by atoms with van der Waals surface area (Å²) in [5.41, 5.74) is 5.22. The van der Waals surface area contributed by atoms with Crippen LogP contribution in [0.1, 0.15) is 16.7 Å². The van der Waals surface area contributed by atoms with Crippen molar-refractivity contribution < 1.29 is 10.2 Å². The molecule has 17 heavy (non-hydrogen) atoms. The Bertz CT molecular complexity index is 548. The van der Waals surface area contributed by atoms with Crippen molar-refractivity contribution >= 4 is 0 Å². The summed E-state index contributed by atoms with van der Waals surface area (Å²) >= 11 is 0. The molecule has 0 saturated carbocycles. The van der Waals surface area contributed by atoms with Crippen molar-refractivity contribution in [3.63, 3.8) is 0 Å². The van der Waals surface area contributed by atoms with E-state index in [2.05, 4.69) is 6.92 Å². The maximum Gasteiger partial charge on any atom is 0.165 e. The lowest BCUT2D eigenvalue weighted by Gasteiger charge is -2.11. The Kier molecular flexibility index (Phi) is 2.80. The third-order valence-electron chi connectivity index (χ3n) is 3.25. The molecule has 2 aromatic rings. The molecule has 0 heterocycles. The molecule has 2 aromatic carbocycles. The first-order chi connectivity index (χ1) is 8.00. The van der Waals surface area contributed by atoms with Crippen molar-refractivity contribution in [2.45, 2.75) is 20.8 Å². The molecule has 0 aliphatic carbocycles. The van der Waals surface area contributed by atoms with E-state index in [1.165, 1.54) is 22.8 Å². The predicted molar refractivity (Wildman–Crippen MR) is 69.4 cm³/mol. The maximum atomic E-state index is 9.85. The molecule has 0 saturated heterocycles. The van der Waals surface area contributed by atoms with E-state index in [4.69, 9.17) is 0 Å². The molecule has 0 spiro atoms. The highest BCUT2D eigenvalue weighted by molar-refractivity contribution is 5.74. The fourth-order valence-electron chi connectivity index (χ4n) is 1.96. The molecule has 88 valence electrons. The zero-order valence-electron chi connectivity index (χ0n) is 10.3. The Morgan fingerprint density at radius 1 is 0.882 bits per heavy atom. The van der Waals surface area contributed by atoms with Gasteiger partial charge in [-0.2, -0.15) is 0 Å². The third-order valence-corrected chi connectivity index (χ3v) is 3.25. The van der Waals surface area contributed by atoms with Crippen LogP contribution in [0.25, 0.3) is 11.1 Å². The van der Waals surface area contributed by atoms with Gasteiger partial charge in [0.1, 0.15) is 0 Å². The molecule has 2 N–H and O–H groups in total. The van der Waals surface area contributed by atoms with Gasteiger partial charge in [0.15, 0.2) is 11.5 Å². The van der Waals surface area contributed by atoms with Crippen molar-refractivity contribution in [1.29, 1.82) is 0 Å². The quantitative estimate of drug-likeness (QED) is 0.731. The summed E-state index contributed by atoms with van der Waals surface area (Å²) in [6, 6.07) is 9.06. The van der Waals surface area contributed by atoms with Gasteiger partial charge < -0.3 is 10.2 Å². The first kappa shape index (κ1) is 11.5. The largest absolute Gasteiger partial charge is 0.504 e. The van der Waals surface area contributed by atoms with E-state index in [1.807, 2.05) is 26.0 Å². The van der Waals surface area contributed by atoms with Crippen LogP contribution in [0.2, 0.25) is 0 Å². The van der Waals surface area contributed by atoms with E-state index in [0.29, 0.717) is 5.56 Å². The number of aryl methyl sites for hydroxylation is 2. The van der Waals surface area contributed by atoms with E-state index in [9.17, 15) is 10.2 Å². The number of phenolic OH excluding ortho intramolecular Hbond substituents is 2. The average Bonchev–Trinajstić information content (AvgIpc) is 2.29. The number of hydrogen-bond acceptors (Lipinski definition) is 2. The number of rotatable bonds is 1.